The molecule has 1 aliphatic rings. The summed E-state index contributed by atoms with van der Waals surface area (Å²) in [6.45, 7) is 0. The van der Waals surface area contributed by atoms with E-state index in [0.717, 1.165) is 18.2 Å². The Morgan fingerprint density at radius 1 is 1.19 bits per heavy atom. The molecule has 0 atom stereocenters. The number of nitrogens with one attached hydrogen (secondary N) is 3. The smallest absolute Gasteiger partial charge is 0.305 e. The highest BCUT2D eigenvalue weighted by Crippen LogP contribution is 2.18. The molecule has 0 saturated heterocycles. The number of rotatable bonds is 2. The van der Waals surface area contributed by atoms with Crippen molar-refractivity contribution in [3.05, 3.63) is 36.1 Å². The van der Waals surface area contributed by atoms with Crippen molar-refractivity contribution in [2.75, 3.05) is 0 Å². The van der Waals surface area contributed by atoms with Crippen molar-refractivity contribution in [3.63, 3.8) is 0 Å². The number of fused-ring (bicyclic) bond motifs is 1. The highest BCUT2D eigenvalue weighted by Gasteiger charge is 2.16. The first-order valence-electron chi connectivity index (χ1n) is 7.08. The van der Waals surface area contributed by atoms with E-state index in [1.807, 2.05) is 24.3 Å². The van der Waals surface area contributed by atoms with Crippen molar-refractivity contribution in [1.29, 1.82) is 0 Å². The summed E-state index contributed by atoms with van der Waals surface area (Å²) in [6.07, 6.45) is 4.70. The minimum Gasteiger partial charge on any atom is -0.451 e. The van der Waals surface area contributed by atoms with E-state index in [-0.39, 0.29) is 11.7 Å². The van der Waals surface area contributed by atoms with Gasteiger partial charge in [0.1, 0.15) is 5.58 Å². The van der Waals surface area contributed by atoms with Crippen LogP contribution in [0.4, 0.5) is 0 Å². The van der Waals surface area contributed by atoms with Gasteiger partial charge >= 0.3 is 5.91 Å². The summed E-state index contributed by atoms with van der Waals surface area (Å²) >= 11 is 5.16. The first kappa shape index (κ1) is 13.9. The van der Waals surface area contributed by atoms with E-state index in [4.69, 9.17) is 16.6 Å². The molecule has 1 aromatic carbocycles. The standard InChI is InChI=1S/C15H17N3O2S/c19-14(13-9-10-5-1-4-8-12(10)20-13)17-18-15(21)16-11-6-2-3-7-11/h1,4-5,8-9,11H,2-3,6-7H2,(H,17,19)(H2,16,18,21). The molecule has 1 aliphatic carbocycles. The maximum absolute atomic E-state index is 12.0. The van der Waals surface area contributed by atoms with E-state index in [1.165, 1.54) is 12.8 Å². The fraction of sp³-hybridized carbons (Fsp3) is 0.333. The van der Waals surface area contributed by atoms with Crippen LogP contribution in [0.15, 0.2) is 34.7 Å². The van der Waals surface area contributed by atoms with Gasteiger partial charge in [-0.2, -0.15) is 0 Å². The summed E-state index contributed by atoms with van der Waals surface area (Å²) in [5.74, 6) is -0.0888. The minimum atomic E-state index is -0.346. The molecule has 1 aromatic heterocycles. The molecule has 6 heteroatoms. The Kier molecular flexibility index (Phi) is 4.06. The van der Waals surface area contributed by atoms with Crippen molar-refractivity contribution < 1.29 is 9.21 Å². The monoisotopic (exact) mass is 303 g/mol. The summed E-state index contributed by atoms with van der Waals surface area (Å²) in [5, 5.41) is 4.52. The lowest BCUT2D eigenvalue weighted by atomic mass is 10.2. The zero-order valence-electron chi connectivity index (χ0n) is 11.5. The molecule has 2 aromatic rings. The van der Waals surface area contributed by atoms with Crippen LogP contribution in [0.3, 0.4) is 0 Å². The molecule has 0 unspecified atom stereocenters. The van der Waals surface area contributed by atoms with Gasteiger partial charge in [0, 0.05) is 11.4 Å². The number of hydrogen-bond donors (Lipinski definition) is 3. The van der Waals surface area contributed by atoms with Crippen molar-refractivity contribution in [1.82, 2.24) is 16.2 Å². The maximum Gasteiger partial charge on any atom is 0.305 e. The van der Waals surface area contributed by atoms with E-state index < -0.39 is 0 Å². The van der Waals surface area contributed by atoms with Crippen molar-refractivity contribution in [2.45, 2.75) is 31.7 Å². The van der Waals surface area contributed by atoms with Crippen molar-refractivity contribution >= 4 is 34.2 Å². The van der Waals surface area contributed by atoms with E-state index in [1.54, 1.807) is 6.07 Å². The Morgan fingerprint density at radius 3 is 2.71 bits per heavy atom. The third-order valence-corrected chi connectivity index (χ3v) is 3.85. The molecule has 3 N–H and O–H groups in total. The van der Waals surface area contributed by atoms with Gasteiger partial charge in [0.2, 0.25) is 0 Å². The van der Waals surface area contributed by atoms with Gasteiger partial charge in [0.05, 0.1) is 0 Å². The SMILES string of the molecule is O=C(NNC(=S)NC1CCCC1)c1cc2ccccc2o1. The average molecular weight is 303 g/mol. The summed E-state index contributed by atoms with van der Waals surface area (Å²) in [4.78, 5) is 12.0. The lowest BCUT2D eigenvalue weighted by Crippen LogP contribution is -2.49. The number of benzene rings is 1. The number of carbonyl (C=O) groups excluding carboxylic acids is 1. The maximum atomic E-state index is 12.0. The molecule has 1 heterocycles. The number of hydrogen-bond acceptors (Lipinski definition) is 3. The predicted octanol–water partition coefficient (Wildman–Crippen LogP) is 2.48. The van der Waals surface area contributed by atoms with Crippen LogP contribution < -0.4 is 16.2 Å². The largest absolute Gasteiger partial charge is 0.451 e. The molecule has 1 saturated carbocycles. The number of para-hydroxylation sites is 1. The Labute approximate surface area is 128 Å². The van der Waals surface area contributed by atoms with Gasteiger partial charge in [-0.05, 0) is 37.2 Å². The Morgan fingerprint density at radius 2 is 1.95 bits per heavy atom. The molecule has 21 heavy (non-hydrogen) atoms. The third kappa shape index (κ3) is 3.33. The van der Waals surface area contributed by atoms with Crippen LogP contribution in [-0.4, -0.2) is 17.1 Å². The predicted molar refractivity (Wildman–Crippen MR) is 84.8 cm³/mol. The Bertz CT molecular complexity index is 629. The highest BCUT2D eigenvalue weighted by molar-refractivity contribution is 7.80. The molecule has 0 spiro atoms. The zero-order chi connectivity index (χ0) is 14.7. The highest BCUT2D eigenvalue weighted by atomic mass is 32.1. The molecule has 0 bridgehead atoms. The number of amides is 1. The van der Waals surface area contributed by atoms with Gasteiger partial charge in [0.15, 0.2) is 10.9 Å². The van der Waals surface area contributed by atoms with E-state index >= 15 is 0 Å². The minimum absolute atomic E-state index is 0.257. The molecule has 5 nitrogen and oxygen atoms in total. The number of carbonyl (C=O) groups is 1. The first-order chi connectivity index (χ1) is 10.2. The normalized spacial score (nSPS) is 15.0. The van der Waals surface area contributed by atoms with Gasteiger partial charge in [-0.1, -0.05) is 31.0 Å². The van der Waals surface area contributed by atoms with Crippen LogP contribution in [0.1, 0.15) is 36.2 Å². The van der Waals surface area contributed by atoms with Crippen LogP contribution in [0.25, 0.3) is 11.0 Å². The molecule has 3 rings (SSSR count). The lowest BCUT2D eigenvalue weighted by Gasteiger charge is -2.15. The fourth-order valence-electron chi connectivity index (χ4n) is 2.56. The average Bonchev–Trinajstić information content (AvgIpc) is 3.13. The van der Waals surface area contributed by atoms with Crippen LogP contribution in [0.5, 0.6) is 0 Å². The van der Waals surface area contributed by atoms with Gasteiger partial charge in [-0.15, -0.1) is 0 Å². The fourth-order valence-corrected chi connectivity index (χ4v) is 2.78. The molecular weight excluding hydrogens is 286 g/mol. The molecule has 110 valence electrons. The molecule has 0 radical (unpaired) electrons. The summed E-state index contributed by atoms with van der Waals surface area (Å²) in [5.41, 5.74) is 5.95. The summed E-state index contributed by atoms with van der Waals surface area (Å²) < 4.78 is 5.48. The van der Waals surface area contributed by atoms with Gasteiger partial charge < -0.3 is 9.73 Å². The topological polar surface area (TPSA) is 66.3 Å². The van der Waals surface area contributed by atoms with Crippen LogP contribution >= 0.6 is 12.2 Å². The molecule has 1 amide bonds. The number of hydrazine groups is 1. The van der Waals surface area contributed by atoms with Crippen molar-refractivity contribution in [3.8, 4) is 0 Å². The van der Waals surface area contributed by atoms with Gasteiger partial charge in [-0.3, -0.25) is 15.6 Å². The van der Waals surface area contributed by atoms with Crippen molar-refractivity contribution in [2.24, 2.45) is 0 Å². The number of thiocarbonyl (C=S) groups is 1. The second-order valence-electron chi connectivity index (χ2n) is 5.18. The van der Waals surface area contributed by atoms with Gasteiger partial charge in [0.25, 0.3) is 0 Å². The molecule has 0 aliphatic heterocycles. The lowest BCUT2D eigenvalue weighted by molar-refractivity contribution is 0.0918. The number of furan rings is 1. The van der Waals surface area contributed by atoms with E-state index in [2.05, 4.69) is 16.2 Å². The Balaban J connectivity index is 1.54. The summed E-state index contributed by atoms with van der Waals surface area (Å²) in [6, 6.07) is 9.61. The zero-order valence-corrected chi connectivity index (χ0v) is 12.3. The summed E-state index contributed by atoms with van der Waals surface area (Å²) in [7, 11) is 0. The quantitative estimate of drug-likeness (QED) is 0.587. The van der Waals surface area contributed by atoms with Crippen LogP contribution in [-0.2, 0) is 0 Å². The van der Waals surface area contributed by atoms with Gasteiger partial charge in [-0.25, -0.2) is 0 Å². The van der Waals surface area contributed by atoms with Crippen LogP contribution in [0.2, 0.25) is 0 Å². The second-order valence-corrected chi connectivity index (χ2v) is 5.59. The molecule has 1 fully saturated rings. The van der Waals surface area contributed by atoms with E-state index in [0.29, 0.717) is 16.7 Å². The van der Waals surface area contributed by atoms with Crippen LogP contribution in [0, 0.1) is 0 Å². The first-order valence-corrected chi connectivity index (χ1v) is 7.48. The second kappa shape index (κ2) is 6.13. The molecular formula is C15H17N3O2S. The Hall–Kier alpha value is -2.08. The van der Waals surface area contributed by atoms with E-state index in [9.17, 15) is 4.79 Å². The third-order valence-electron chi connectivity index (χ3n) is 3.63.